The maximum absolute atomic E-state index is 15.0. The van der Waals surface area contributed by atoms with Crippen molar-refractivity contribution in [2.75, 3.05) is 20.3 Å². The summed E-state index contributed by atoms with van der Waals surface area (Å²) in [5.74, 6) is -0.159. The zero-order chi connectivity index (χ0) is 35.7. The normalized spacial score (nSPS) is 27.6. The minimum Gasteiger partial charge on any atom is -0.496 e. The summed E-state index contributed by atoms with van der Waals surface area (Å²) in [6.07, 6.45) is 1.01. The number of hydroxylamine groups is 2. The molecule has 3 aromatic rings. The van der Waals surface area contributed by atoms with Gasteiger partial charge in [0.05, 0.1) is 31.9 Å². The summed E-state index contributed by atoms with van der Waals surface area (Å²) < 4.78 is 20.9. The lowest BCUT2D eigenvalue weighted by molar-refractivity contribution is -0.183. The number of aliphatic hydroxyl groups excluding tert-OH is 2. The number of benzene rings is 3. The Labute approximate surface area is 294 Å². The second-order valence-corrected chi connectivity index (χ2v) is 14.9. The van der Waals surface area contributed by atoms with Crippen LogP contribution in [0.4, 0.5) is 4.39 Å². The monoisotopic (exact) mass is 687 g/mol. The number of methoxy groups -OCH3 is 1. The zero-order valence-corrected chi connectivity index (χ0v) is 29.6. The van der Waals surface area contributed by atoms with Gasteiger partial charge < -0.3 is 25.6 Å². The van der Waals surface area contributed by atoms with E-state index in [0.717, 1.165) is 12.0 Å². The quantitative estimate of drug-likeness (QED) is 0.208. The van der Waals surface area contributed by atoms with E-state index in [1.807, 2.05) is 48.5 Å². The third-order valence-corrected chi connectivity index (χ3v) is 11.8. The number of carbonyl (C=O) groups is 2. The van der Waals surface area contributed by atoms with E-state index in [0.29, 0.717) is 53.2 Å². The molecule has 0 unspecified atom stereocenters. The van der Waals surface area contributed by atoms with Crippen molar-refractivity contribution >= 4 is 11.8 Å². The van der Waals surface area contributed by atoms with Crippen LogP contribution in [0.15, 0.2) is 66.7 Å². The molecule has 1 saturated heterocycles. The first-order valence-corrected chi connectivity index (χ1v) is 17.7. The molecule has 8 atom stereocenters. The number of nitrogens with one attached hydrogen (secondary N) is 2. The molecule has 7 rings (SSSR count). The van der Waals surface area contributed by atoms with Gasteiger partial charge in [0.1, 0.15) is 23.7 Å². The fourth-order valence-electron chi connectivity index (χ4n) is 8.76. The van der Waals surface area contributed by atoms with Gasteiger partial charge in [-0.05, 0) is 72.6 Å². The molecule has 50 heavy (non-hydrogen) atoms. The summed E-state index contributed by atoms with van der Waals surface area (Å²) in [5, 5.41) is 28.8. The number of carbonyl (C=O) groups excluding carboxylic acids is 2. The van der Waals surface area contributed by atoms with Crippen molar-refractivity contribution in [3.05, 3.63) is 89.2 Å². The van der Waals surface area contributed by atoms with Crippen LogP contribution in [0.1, 0.15) is 62.0 Å². The Balaban J connectivity index is 1.23. The Morgan fingerprint density at radius 2 is 1.86 bits per heavy atom. The Morgan fingerprint density at radius 3 is 2.52 bits per heavy atom. The van der Waals surface area contributed by atoms with Gasteiger partial charge in [0.25, 0.3) is 5.91 Å². The second kappa shape index (κ2) is 14.8. The minimum absolute atomic E-state index is 0.0185. The van der Waals surface area contributed by atoms with Gasteiger partial charge in [0, 0.05) is 29.6 Å². The van der Waals surface area contributed by atoms with Crippen LogP contribution in [-0.2, 0) is 22.6 Å². The van der Waals surface area contributed by atoms with E-state index in [2.05, 4.69) is 31.4 Å². The highest BCUT2D eigenvalue weighted by atomic mass is 19.1. The minimum atomic E-state index is -0.922. The average molecular weight is 688 g/mol. The van der Waals surface area contributed by atoms with Crippen LogP contribution in [0.25, 0.3) is 11.1 Å². The standard InChI is InChI=1S/C40H50FN3O6/c1-23-31-19-28(40(31,3)4)20-33(23)43-39(48)36-35(24(2)46)34(22-45)50-44(36)21-27-12-9-13-29(37(27)49-5)26-14-15-32(41)30(18-26)38(47)42-17-16-25-10-7-6-8-11-25/h6-15,18,23-24,28,31,33-36,45-46H,16-17,19-22H2,1-5H3,(H,42,47)(H,43,48)/t23-,24-,28-,31-,33+,34-,35-,36-/m0/s1. The molecule has 268 valence electrons. The molecule has 3 aromatic carbocycles. The molecule has 1 heterocycles. The maximum Gasteiger partial charge on any atom is 0.254 e. The third-order valence-electron chi connectivity index (χ3n) is 11.8. The first-order valence-electron chi connectivity index (χ1n) is 17.7. The van der Waals surface area contributed by atoms with Crippen molar-refractivity contribution in [3.8, 4) is 16.9 Å². The largest absolute Gasteiger partial charge is 0.496 e. The Bertz CT molecular complexity index is 1680. The number of fused-ring (bicyclic) bond motifs is 2. The van der Waals surface area contributed by atoms with E-state index in [4.69, 9.17) is 9.57 Å². The van der Waals surface area contributed by atoms with E-state index >= 15 is 0 Å². The van der Waals surface area contributed by atoms with Crippen LogP contribution in [-0.4, -0.2) is 71.6 Å². The summed E-state index contributed by atoms with van der Waals surface area (Å²) in [6, 6.07) is 18.8. The van der Waals surface area contributed by atoms with Crippen molar-refractivity contribution in [2.45, 2.75) is 77.8 Å². The fraction of sp³-hybridized carbons (Fsp3) is 0.500. The molecule has 4 N–H and O–H groups in total. The second-order valence-electron chi connectivity index (χ2n) is 14.9. The van der Waals surface area contributed by atoms with E-state index in [1.165, 1.54) is 25.7 Å². The Hall–Kier alpha value is -3.83. The lowest BCUT2D eigenvalue weighted by Crippen LogP contribution is -2.62. The number of nitrogens with zero attached hydrogens (tertiary/aromatic N) is 1. The molecule has 0 aromatic heterocycles. The molecule has 0 spiro atoms. The smallest absolute Gasteiger partial charge is 0.254 e. The summed E-state index contributed by atoms with van der Waals surface area (Å²) in [5.41, 5.74) is 3.15. The maximum atomic E-state index is 15.0. The number of ether oxygens (including phenoxy) is 1. The summed E-state index contributed by atoms with van der Waals surface area (Å²) in [6.45, 7) is 8.57. The number of halogens is 1. The zero-order valence-electron chi connectivity index (χ0n) is 29.6. The first kappa shape index (κ1) is 36.0. The van der Waals surface area contributed by atoms with Crippen molar-refractivity contribution in [3.63, 3.8) is 0 Å². The number of aliphatic hydroxyl groups is 2. The molecule has 2 bridgehead atoms. The molecule has 2 amide bonds. The number of hydrogen-bond donors (Lipinski definition) is 4. The van der Waals surface area contributed by atoms with Gasteiger partial charge in [-0.15, -0.1) is 0 Å². The molecule has 3 aliphatic carbocycles. The summed E-state index contributed by atoms with van der Waals surface area (Å²) in [4.78, 5) is 33.4. The molecular formula is C40H50FN3O6. The lowest BCUT2D eigenvalue weighted by atomic mass is 9.45. The van der Waals surface area contributed by atoms with Gasteiger partial charge >= 0.3 is 0 Å². The van der Waals surface area contributed by atoms with Crippen LogP contribution >= 0.6 is 0 Å². The van der Waals surface area contributed by atoms with Gasteiger partial charge in [-0.1, -0.05) is 75.4 Å². The van der Waals surface area contributed by atoms with Crippen LogP contribution in [0.3, 0.4) is 0 Å². The first-order chi connectivity index (χ1) is 23.9. The number of hydrogen-bond acceptors (Lipinski definition) is 7. The molecule has 3 saturated carbocycles. The van der Waals surface area contributed by atoms with Gasteiger partial charge in [-0.25, -0.2) is 4.39 Å². The molecule has 0 radical (unpaired) electrons. The molecule has 10 heteroatoms. The fourth-order valence-corrected chi connectivity index (χ4v) is 8.76. The predicted molar refractivity (Wildman–Crippen MR) is 188 cm³/mol. The summed E-state index contributed by atoms with van der Waals surface area (Å²) in [7, 11) is 1.53. The van der Waals surface area contributed by atoms with E-state index < -0.39 is 35.9 Å². The van der Waals surface area contributed by atoms with E-state index in [1.54, 1.807) is 18.1 Å². The van der Waals surface area contributed by atoms with Gasteiger partial charge in [0.2, 0.25) is 5.91 Å². The van der Waals surface area contributed by atoms with Crippen LogP contribution in [0.2, 0.25) is 0 Å². The number of para-hydroxylation sites is 1. The van der Waals surface area contributed by atoms with Gasteiger partial charge in [-0.3, -0.25) is 14.4 Å². The molecular weight excluding hydrogens is 637 g/mol. The molecule has 4 fully saturated rings. The molecule has 1 aliphatic heterocycles. The predicted octanol–water partition coefficient (Wildman–Crippen LogP) is 5.13. The van der Waals surface area contributed by atoms with Crippen molar-refractivity contribution in [1.82, 2.24) is 15.7 Å². The van der Waals surface area contributed by atoms with E-state index in [9.17, 15) is 24.2 Å². The summed E-state index contributed by atoms with van der Waals surface area (Å²) >= 11 is 0. The topological polar surface area (TPSA) is 120 Å². The number of rotatable bonds is 12. The highest BCUT2D eigenvalue weighted by Gasteiger charge is 2.57. The molecule has 9 nitrogen and oxygen atoms in total. The average Bonchev–Trinajstić information content (AvgIpc) is 3.48. The van der Waals surface area contributed by atoms with Crippen LogP contribution in [0, 0.1) is 34.9 Å². The van der Waals surface area contributed by atoms with Gasteiger partial charge in [-0.2, -0.15) is 5.06 Å². The highest BCUT2D eigenvalue weighted by molar-refractivity contribution is 5.96. The Kier molecular flexibility index (Phi) is 10.6. The van der Waals surface area contributed by atoms with Crippen LogP contribution < -0.4 is 15.4 Å². The lowest BCUT2D eigenvalue weighted by Gasteiger charge is -2.62. The van der Waals surface area contributed by atoms with Crippen molar-refractivity contribution < 1.29 is 33.8 Å². The van der Waals surface area contributed by atoms with E-state index in [-0.39, 0.29) is 36.1 Å². The highest BCUT2D eigenvalue weighted by Crippen LogP contribution is 2.61. The number of amides is 2. The van der Waals surface area contributed by atoms with Crippen molar-refractivity contribution in [2.24, 2.45) is 29.1 Å². The van der Waals surface area contributed by atoms with Crippen LogP contribution in [0.5, 0.6) is 5.75 Å². The third kappa shape index (κ3) is 6.91. The SMILES string of the molecule is COc1c(CN2O[C@@H](CO)[C@H]([C@H](C)O)[C@H]2C(=O)N[C@@H]2C[C@@H]3C[C@@H]([C@@H]2C)C3(C)C)cccc1-c1ccc(F)c(C(=O)NCCc2ccccc2)c1. The van der Waals surface area contributed by atoms with Gasteiger partial charge in [0.15, 0.2) is 0 Å². The molecule has 4 aliphatic rings. The Morgan fingerprint density at radius 1 is 1.10 bits per heavy atom. The van der Waals surface area contributed by atoms with Crippen molar-refractivity contribution in [1.29, 1.82) is 0 Å².